The average molecular weight is 486 g/mol. The highest BCUT2D eigenvalue weighted by Crippen LogP contribution is 2.32. The Bertz CT molecular complexity index is 1160. The van der Waals surface area contributed by atoms with E-state index in [0.29, 0.717) is 21.4 Å². The van der Waals surface area contributed by atoms with Gasteiger partial charge in [-0.05, 0) is 37.1 Å². The number of halogens is 1. The van der Waals surface area contributed by atoms with Crippen molar-refractivity contribution in [1.82, 2.24) is 14.8 Å². The van der Waals surface area contributed by atoms with Crippen molar-refractivity contribution in [3.05, 3.63) is 59.1 Å². The van der Waals surface area contributed by atoms with Gasteiger partial charge >= 0.3 is 5.97 Å². The van der Waals surface area contributed by atoms with Crippen molar-refractivity contribution in [1.29, 1.82) is 0 Å². The van der Waals surface area contributed by atoms with Gasteiger partial charge in [-0.25, -0.2) is 4.79 Å². The summed E-state index contributed by atoms with van der Waals surface area (Å²) < 4.78 is 6.75. The second-order valence-corrected chi connectivity index (χ2v) is 8.86. The molecule has 0 radical (unpaired) electrons. The van der Waals surface area contributed by atoms with Crippen LogP contribution in [-0.2, 0) is 9.53 Å². The third-order valence-electron chi connectivity index (χ3n) is 5.47. The van der Waals surface area contributed by atoms with E-state index in [4.69, 9.17) is 16.3 Å². The second kappa shape index (κ2) is 10.3. The molecule has 33 heavy (non-hydrogen) atoms. The second-order valence-electron chi connectivity index (χ2n) is 7.51. The largest absolute Gasteiger partial charge is 0.465 e. The number of aromatic nitrogens is 3. The van der Waals surface area contributed by atoms with E-state index in [1.807, 2.05) is 28.8 Å². The summed E-state index contributed by atoms with van der Waals surface area (Å²) >= 11 is 7.78. The molecule has 1 amide bonds. The molecule has 0 aliphatic carbocycles. The number of carbonyl (C=O) groups is 2. The van der Waals surface area contributed by atoms with Crippen molar-refractivity contribution in [2.45, 2.75) is 18.0 Å². The quantitative estimate of drug-likeness (QED) is 0.368. The highest BCUT2D eigenvalue weighted by molar-refractivity contribution is 7.99. The smallest absolute Gasteiger partial charge is 0.339 e. The predicted molar refractivity (Wildman–Crippen MR) is 130 cm³/mol. The maximum Gasteiger partial charge on any atom is 0.339 e. The Morgan fingerprint density at radius 2 is 1.79 bits per heavy atom. The number of hydrogen-bond donors (Lipinski definition) is 0. The maximum atomic E-state index is 13.0. The van der Waals surface area contributed by atoms with Gasteiger partial charge in [0.05, 0.1) is 34.8 Å². The lowest BCUT2D eigenvalue weighted by atomic mass is 10.1. The van der Waals surface area contributed by atoms with E-state index in [1.54, 1.807) is 31.3 Å². The number of methoxy groups -OCH3 is 1. The first-order valence-corrected chi connectivity index (χ1v) is 11.9. The van der Waals surface area contributed by atoms with Gasteiger partial charge in [0, 0.05) is 20.1 Å². The van der Waals surface area contributed by atoms with Gasteiger partial charge in [-0.3, -0.25) is 9.36 Å². The maximum absolute atomic E-state index is 13.0. The van der Waals surface area contributed by atoms with E-state index in [1.165, 1.54) is 23.8 Å². The summed E-state index contributed by atoms with van der Waals surface area (Å²) in [6, 6.07) is 14.4. The van der Waals surface area contributed by atoms with Crippen molar-refractivity contribution < 1.29 is 14.3 Å². The first-order chi connectivity index (χ1) is 16.0. The highest BCUT2D eigenvalue weighted by atomic mass is 35.5. The zero-order valence-corrected chi connectivity index (χ0v) is 20.0. The first-order valence-electron chi connectivity index (χ1n) is 10.5. The Morgan fingerprint density at radius 1 is 1.09 bits per heavy atom. The number of amides is 1. The summed E-state index contributed by atoms with van der Waals surface area (Å²) in [5.41, 5.74) is 1.59. The molecule has 172 valence electrons. The summed E-state index contributed by atoms with van der Waals surface area (Å²) in [5, 5.41) is 9.95. The van der Waals surface area contributed by atoms with Crippen molar-refractivity contribution >= 4 is 46.9 Å². The van der Waals surface area contributed by atoms with Gasteiger partial charge < -0.3 is 14.5 Å². The number of para-hydroxylation sites is 2. The highest BCUT2D eigenvalue weighted by Gasteiger charge is 2.25. The van der Waals surface area contributed by atoms with Crippen LogP contribution in [-0.4, -0.2) is 59.6 Å². The number of rotatable bonds is 7. The molecule has 10 heteroatoms. The predicted octanol–water partition coefficient (Wildman–Crippen LogP) is 4.06. The Balaban J connectivity index is 1.58. The number of nitrogens with zero attached hydrogens (tertiary/aromatic N) is 5. The van der Waals surface area contributed by atoms with Crippen LogP contribution in [0.4, 0.5) is 11.6 Å². The Morgan fingerprint density at radius 3 is 2.52 bits per heavy atom. The first kappa shape index (κ1) is 23.1. The van der Waals surface area contributed by atoms with Crippen LogP contribution in [0.1, 0.15) is 23.2 Å². The minimum absolute atomic E-state index is 0.106. The number of carbonyl (C=O) groups excluding carboxylic acids is 2. The van der Waals surface area contributed by atoms with Gasteiger partial charge in [0.2, 0.25) is 11.9 Å². The summed E-state index contributed by atoms with van der Waals surface area (Å²) in [6.07, 6.45) is 2.20. The van der Waals surface area contributed by atoms with E-state index in [2.05, 4.69) is 15.1 Å². The van der Waals surface area contributed by atoms with E-state index in [-0.39, 0.29) is 11.7 Å². The SMILES string of the molecule is COC(=O)c1ccccc1N(C)C(=O)CSc1nnc(N2CCCC2)n1-c1ccccc1Cl. The van der Waals surface area contributed by atoms with Gasteiger partial charge in [0.25, 0.3) is 0 Å². The molecule has 1 saturated heterocycles. The molecule has 1 aliphatic heterocycles. The number of esters is 1. The Hall–Kier alpha value is -3.04. The monoisotopic (exact) mass is 485 g/mol. The Labute approximate surface area is 201 Å². The molecule has 1 aliphatic rings. The molecule has 2 aromatic carbocycles. The third-order valence-corrected chi connectivity index (χ3v) is 6.70. The molecule has 0 N–H and O–H groups in total. The topological polar surface area (TPSA) is 80.6 Å². The lowest BCUT2D eigenvalue weighted by molar-refractivity contribution is -0.115. The molecular weight excluding hydrogens is 462 g/mol. The van der Waals surface area contributed by atoms with E-state index < -0.39 is 5.97 Å². The number of benzene rings is 2. The van der Waals surface area contributed by atoms with Crippen LogP contribution in [0.25, 0.3) is 5.69 Å². The summed E-state index contributed by atoms with van der Waals surface area (Å²) in [4.78, 5) is 28.8. The van der Waals surface area contributed by atoms with Gasteiger partial charge in [0.1, 0.15) is 0 Å². The minimum atomic E-state index is -0.494. The molecule has 0 saturated carbocycles. The number of hydrogen-bond acceptors (Lipinski definition) is 7. The molecule has 0 unspecified atom stereocenters. The molecule has 1 aromatic heterocycles. The van der Waals surface area contributed by atoms with Crippen LogP contribution >= 0.6 is 23.4 Å². The fourth-order valence-electron chi connectivity index (χ4n) is 3.73. The van der Waals surface area contributed by atoms with Crippen molar-refractivity contribution in [2.24, 2.45) is 0 Å². The zero-order valence-electron chi connectivity index (χ0n) is 18.4. The minimum Gasteiger partial charge on any atom is -0.465 e. The lowest BCUT2D eigenvalue weighted by Gasteiger charge is -2.20. The third kappa shape index (κ3) is 4.84. The van der Waals surface area contributed by atoms with Crippen molar-refractivity contribution in [2.75, 3.05) is 42.8 Å². The average Bonchev–Trinajstić information content (AvgIpc) is 3.52. The molecule has 8 nitrogen and oxygen atoms in total. The molecular formula is C23H24ClN5O3S. The summed E-state index contributed by atoms with van der Waals surface area (Å²) in [6.45, 7) is 1.80. The molecule has 2 heterocycles. The van der Waals surface area contributed by atoms with Gasteiger partial charge in [0.15, 0.2) is 5.16 Å². The molecule has 3 aromatic rings. The fraction of sp³-hybridized carbons (Fsp3) is 0.304. The molecule has 4 rings (SSSR count). The van der Waals surface area contributed by atoms with Crippen LogP contribution in [0.3, 0.4) is 0 Å². The molecule has 0 bridgehead atoms. The van der Waals surface area contributed by atoms with E-state index in [9.17, 15) is 9.59 Å². The molecule has 0 atom stereocenters. The van der Waals surface area contributed by atoms with E-state index in [0.717, 1.165) is 37.6 Å². The van der Waals surface area contributed by atoms with Gasteiger partial charge in [-0.2, -0.15) is 0 Å². The lowest BCUT2D eigenvalue weighted by Crippen LogP contribution is -2.29. The van der Waals surface area contributed by atoms with Crippen LogP contribution in [0.5, 0.6) is 0 Å². The van der Waals surface area contributed by atoms with Crippen molar-refractivity contribution in [3.8, 4) is 5.69 Å². The number of thioether (sulfide) groups is 1. The molecule has 1 fully saturated rings. The van der Waals surface area contributed by atoms with Gasteiger partial charge in [-0.1, -0.05) is 47.6 Å². The Kier molecular flexibility index (Phi) is 7.20. The summed E-state index contributed by atoms with van der Waals surface area (Å²) in [5.74, 6) is 0.147. The van der Waals surface area contributed by atoms with E-state index >= 15 is 0 Å². The van der Waals surface area contributed by atoms with Gasteiger partial charge in [-0.15, -0.1) is 10.2 Å². The van der Waals surface area contributed by atoms with Crippen LogP contribution in [0, 0.1) is 0 Å². The normalized spacial score (nSPS) is 13.2. The fourth-order valence-corrected chi connectivity index (χ4v) is 4.80. The van der Waals surface area contributed by atoms with Crippen molar-refractivity contribution in [3.63, 3.8) is 0 Å². The number of anilines is 2. The van der Waals surface area contributed by atoms with Crippen LogP contribution < -0.4 is 9.80 Å². The van der Waals surface area contributed by atoms with Crippen LogP contribution in [0.2, 0.25) is 5.02 Å². The standard InChI is InChI=1S/C23H24ClN5O3S/c1-27(18-11-5-3-9-16(18)21(31)32-2)20(30)15-33-23-26-25-22(28-13-7-8-14-28)29(23)19-12-6-4-10-17(19)24/h3-6,9-12H,7-8,13-15H2,1-2H3. The summed E-state index contributed by atoms with van der Waals surface area (Å²) in [7, 11) is 2.95. The van der Waals surface area contributed by atoms with Crippen LogP contribution in [0.15, 0.2) is 53.7 Å². The zero-order chi connectivity index (χ0) is 23.4. The molecule has 0 spiro atoms. The number of ether oxygens (including phenoxy) is 1.